The van der Waals surface area contributed by atoms with Gasteiger partial charge in [0.2, 0.25) is 5.91 Å². The Labute approximate surface area is 101 Å². The highest BCUT2D eigenvalue weighted by Crippen LogP contribution is 2.29. The van der Waals surface area contributed by atoms with Crippen LogP contribution in [-0.2, 0) is 4.79 Å². The molecule has 0 aromatic heterocycles. The molecule has 2 atom stereocenters. The van der Waals surface area contributed by atoms with Crippen molar-refractivity contribution in [3.05, 3.63) is 0 Å². The topological polar surface area (TPSA) is 29.1 Å². The van der Waals surface area contributed by atoms with Gasteiger partial charge in [-0.2, -0.15) is 11.8 Å². The maximum Gasteiger partial charge on any atom is 0.238 e. The van der Waals surface area contributed by atoms with Gasteiger partial charge in [0.05, 0.1) is 0 Å². The van der Waals surface area contributed by atoms with Crippen molar-refractivity contribution in [3.63, 3.8) is 0 Å². The molecule has 2 aliphatic rings. The molecule has 2 fully saturated rings. The number of rotatable bonds is 3. The number of nitrogens with one attached hydrogen (secondary N) is 1. The van der Waals surface area contributed by atoms with E-state index in [9.17, 15) is 4.79 Å². The zero-order valence-electron chi connectivity index (χ0n) is 8.88. The predicted molar refractivity (Wildman–Crippen MR) is 65.5 cm³/mol. The molecule has 0 aromatic rings. The molecule has 0 bridgehead atoms. The van der Waals surface area contributed by atoms with Crippen LogP contribution in [0.5, 0.6) is 0 Å². The third kappa shape index (κ3) is 3.04. The first-order valence-corrected chi connectivity index (χ1v) is 7.38. The van der Waals surface area contributed by atoms with Crippen LogP contribution in [0.2, 0.25) is 0 Å². The molecule has 1 saturated carbocycles. The SMILES string of the molecule is O=C(NC1CCCC1)C(Cl)C1CCSC1. The summed E-state index contributed by atoms with van der Waals surface area (Å²) in [5.74, 6) is 2.66. The summed E-state index contributed by atoms with van der Waals surface area (Å²) in [4.78, 5) is 11.8. The molecule has 1 saturated heterocycles. The lowest BCUT2D eigenvalue weighted by Gasteiger charge is -2.18. The molecule has 1 N–H and O–H groups in total. The highest BCUT2D eigenvalue weighted by Gasteiger charge is 2.30. The van der Waals surface area contributed by atoms with Crippen LogP contribution >= 0.6 is 23.4 Å². The molecule has 1 amide bonds. The second-order valence-electron chi connectivity index (χ2n) is 4.52. The van der Waals surface area contributed by atoms with Gasteiger partial charge in [-0.05, 0) is 36.7 Å². The summed E-state index contributed by atoms with van der Waals surface area (Å²) in [6.07, 6.45) is 5.86. The van der Waals surface area contributed by atoms with Crippen molar-refractivity contribution in [2.75, 3.05) is 11.5 Å². The first-order chi connectivity index (χ1) is 7.27. The van der Waals surface area contributed by atoms with E-state index in [4.69, 9.17) is 11.6 Å². The van der Waals surface area contributed by atoms with Crippen LogP contribution in [0.15, 0.2) is 0 Å². The van der Waals surface area contributed by atoms with Crippen LogP contribution in [0, 0.1) is 5.92 Å². The smallest absolute Gasteiger partial charge is 0.238 e. The van der Waals surface area contributed by atoms with E-state index in [1.165, 1.54) is 12.8 Å². The molecule has 4 heteroatoms. The second-order valence-corrected chi connectivity index (χ2v) is 6.14. The third-order valence-electron chi connectivity index (χ3n) is 3.33. The van der Waals surface area contributed by atoms with Gasteiger partial charge in [-0.25, -0.2) is 0 Å². The first kappa shape index (κ1) is 11.6. The van der Waals surface area contributed by atoms with E-state index in [1.807, 2.05) is 11.8 Å². The summed E-state index contributed by atoms with van der Waals surface area (Å²) in [5.41, 5.74) is 0. The van der Waals surface area contributed by atoms with Gasteiger partial charge >= 0.3 is 0 Å². The van der Waals surface area contributed by atoms with Crippen LogP contribution in [0.1, 0.15) is 32.1 Å². The molecule has 1 heterocycles. The molecule has 0 aromatic carbocycles. The van der Waals surface area contributed by atoms with E-state index in [-0.39, 0.29) is 11.3 Å². The Kier molecular flexibility index (Phi) is 4.21. The highest BCUT2D eigenvalue weighted by atomic mass is 35.5. The predicted octanol–water partition coefficient (Wildman–Crippen LogP) is 2.41. The normalized spacial score (nSPS) is 29.3. The van der Waals surface area contributed by atoms with E-state index in [2.05, 4.69) is 5.32 Å². The van der Waals surface area contributed by atoms with Crippen molar-refractivity contribution in [2.45, 2.75) is 43.5 Å². The lowest BCUT2D eigenvalue weighted by Crippen LogP contribution is -2.41. The standard InChI is InChI=1S/C11H18ClNOS/c12-10(8-5-6-15-7-8)11(14)13-9-3-1-2-4-9/h8-10H,1-7H2,(H,13,14). The Morgan fingerprint density at radius 2 is 2.07 bits per heavy atom. The molecular weight excluding hydrogens is 230 g/mol. The average molecular weight is 248 g/mol. The Balaban J connectivity index is 1.78. The van der Waals surface area contributed by atoms with Crippen molar-refractivity contribution in [3.8, 4) is 0 Å². The van der Waals surface area contributed by atoms with Crippen LogP contribution in [0.3, 0.4) is 0 Å². The minimum absolute atomic E-state index is 0.0658. The fourth-order valence-corrected chi connectivity index (χ4v) is 4.03. The van der Waals surface area contributed by atoms with Crippen molar-refractivity contribution >= 4 is 29.3 Å². The number of hydrogen-bond acceptors (Lipinski definition) is 2. The van der Waals surface area contributed by atoms with Crippen LogP contribution in [0.25, 0.3) is 0 Å². The number of thioether (sulfide) groups is 1. The largest absolute Gasteiger partial charge is 0.352 e. The summed E-state index contributed by atoms with van der Waals surface area (Å²) in [7, 11) is 0. The summed E-state index contributed by atoms with van der Waals surface area (Å²) < 4.78 is 0. The van der Waals surface area contributed by atoms with Gasteiger partial charge in [0.25, 0.3) is 0 Å². The molecule has 2 nitrogen and oxygen atoms in total. The van der Waals surface area contributed by atoms with Gasteiger partial charge in [0.1, 0.15) is 5.38 Å². The summed E-state index contributed by atoms with van der Waals surface area (Å²) in [6.45, 7) is 0. The van der Waals surface area contributed by atoms with Gasteiger partial charge in [-0.1, -0.05) is 12.8 Å². The number of alkyl halides is 1. The molecule has 2 rings (SSSR count). The first-order valence-electron chi connectivity index (χ1n) is 5.79. The zero-order valence-corrected chi connectivity index (χ0v) is 10.4. The second kappa shape index (κ2) is 5.44. The van der Waals surface area contributed by atoms with E-state index in [0.717, 1.165) is 30.8 Å². The maximum atomic E-state index is 11.8. The zero-order chi connectivity index (χ0) is 10.7. The number of halogens is 1. The summed E-state index contributed by atoms with van der Waals surface area (Å²) >= 11 is 8.10. The maximum absolute atomic E-state index is 11.8. The van der Waals surface area contributed by atoms with E-state index < -0.39 is 0 Å². The molecular formula is C11H18ClNOS. The number of hydrogen-bond donors (Lipinski definition) is 1. The van der Waals surface area contributed by atoms with Crippen molar-refractivity contribution in [2.24, 2.45) is 5.92 Å². The van der Waals surface area contributed by atoms with Gasteiger partial charge in [0, 0.05) is 6.04 Å². The Morgan fingerprint density at radius 3 is 2.67 bits per heavy atom. The van der Waals surface area contributed by atoms with E-state index in [1.54, 1.807) is 0 Å². The van der Waals surface area contributed by atoms with Gasteiger partial charge in [0.15, 0.2) is 0 Å². The van der Waals surface area contributed by atoms with E-state index in [0.29, 0.717) is 12.0 Å². The van der Waals surface area contributed by atoms with Crippen LogP contribution < -0.4 is 5.32 Å². The Bertz CT molecular complexity index is 225. The highest BCUT2D eigenvalue weighted by molar-refractivity contribution is 7.99. The lowest BCUT2D eigenvalue weighted by molar-refractivity contribution is -0.122. The molecule has 1 aliphatic carbocycles. The molecule has 1 aliphatic heterocycles. The molecule has 2 unspecified atom stereocenters. The van der Waals surface area contributed by atoms with E-state index >= 15 is 0 Å². The summed E-state index contributed by atoms with van der Waals surface area (Å²) in [6, 6.07) is 0.396. The van der Waals surface area contributed by atoms with Gasteiger partial charge < -0.3 is 5.32 Å². The minimum Gasteiger partial charge on any atom is -0.352 e. The fourth-order valence-electron chi connectivity index (χ4n) is 2.35. The molecule has 86 valence electrons. The third-order valence-corrected chi connectivity index (χ3v) is 5.07. The summed E-state index contributed by atoms with van der Waals surface area (Å²) in [5, 5.41) is 2.77. The molecule has 0 radical (unpaired) electrons. The van der Waals surface area contributed by atoms with Crippen LogP contribution in [-0.4, -0.2) is 28.8 Å². The molecule has 15 heavy (non-hydrogen) atoms. The van der Waals surface area contributed by atoms with Crippen molar-refractivity contribution in [1.82, 2.24) is 5.32 Å². The van der Waals surface area contributed by atoms with Crippen LogP contribution in [0.4, 0.5) is 0 Å². The monoisotopic (exact) mass is 247 g/mol. The Morgan fingerprint density at radius 1 is 1.33 bits per heavy atom. The van der Waals surface area contributed by atoms with Crippen molar-refractivity contribution in [1.29, 1.82) is 0 Å². The fraction of sp³-hybridized carbons (Fsp3) is 0.909. The number of carbonyl (C=O) groups excluding carboxylic acids is 1. The molecule has 0 spiro atoms. The van der Waals surface area contributed by atoms with Gasteiger partial charge in [-0.15, -0.1) is 11.6 Å². The number of carbonyl (C=O) groups is 1. The quantitative estimate of drug-likeness (QED) is 0.776. The number of amides is 1. The van der Waals surface area contributed by atoms with Crippen molar-refractivity contribution < 1.29 is 4.79 Å². The minimum atomic E-state index is -0.305. The Hall–Kier alpha value is 0.110. The van der Waals surface area contributed by atoms with Gasteiger partial charge in [-0.3, -0.25) is 4.79 Å². The lowest BCUT2D eigenvalue weighted by atomic mass is 10.0. The average Bonchev–Trinajstić information content (AvgIpc) is 2.88.